The van der Waals surface area contributed by atoms with Gasteiger partial charge in [-0.25, -0.2) is 9.98 Å². The fraction of sp³-hybridized carbons (Fsp3) is 0.739. The number of aliphatic imine (C=N–C) groups is 1. The smallest absolute Gasteiger partial charge is 0.191 e. The molecule has 2 aliphatic heterocycles. The minimum atomic E-state index is 0. The number of nitrogens with zero attached hydrogens (tertiary/aromatic N) is 4. The predicted molar refractivity (Wildman–Crippen MR) is 138 cm³/mol. The normalized spacial score (nSPS) is 19.4. The third-order valence-corrected chi connectivity index (χ3v) is 6.15. The second kappa shape index (κ2) is 13.3. The molecule has 0 aliphatic carbocycles. The first-order valence-corrected chi connectivity index (χ1v) is 11.6. The number of aromatic nitrogens is 1. The van der Waals surface area contributed by atoms with Crippen LogP contribution in [0.3, 0.4) is 0 Å². The maximum Gasteiger partial charge on any atom is 0.191 e. The van der Waals surface area contributed by atoms with Crippen LogP contribution < -0.4 is 15.5 Å². The van der Waals surface area contributed by atoms with E-state index in [1.54, 1.807) is 0 Å². The summed E-state index contributed by atoms with van der Waals surface area (Å²) in [5.74, 6) is 2.87. The monoisotopic (exact) mass is 528 g/mol. The lowest BCUT2D eigenvalue weighted by Gasteiger charge is -2.32. The van der Waals surface area contributed by atoms with Crippen molar-refractivity contribution in [2.75, 3.05) is 44.2 Å². The number of guanidine groups is 1. The van der Waals surface area contributed by atoms with Crippen molar-refractivity contribution in [3.8, 4) is 0 Å². The SMILES string of the molecule is CCCN1CCC(NC(=NCc2ccc(N3CCC(C)CC3)nc2)NCC)CC1.I. The molecular weight excluding hydrogens is 487 g/mol. The van der Waals surface area contributed by atoms with E-state index in [9.17, 15) is 0 Å². The molecule has 0 spiro atoms. The summed E-state index contributed by atoms with van der Waals surface area (Å²) < 4.78 is 0. The first-order chi connectivity index (χ1) is 14.2. The number of hydrogen-bond acceptors (Lipinski definition) is 4. The van der Waals surface area contributed by atoms with Crippen molar-refractivity contribution in [1.82, 2.24) is 20.5 Å². The van der Waals surface area contributed by atoms with Crippen molar-refractivity contribution in [3.63, 3.8) is 0 Å². The zero-order valence-electron chi connectivity index (χ0n) is 19.1. The van der Waals surface area contributed by atoms with Crippen molar-refractivity contribution in [2.45, 2.75) is 65.5 Å². The van der Waals surface area contributed by atoms with E-state index in [4.69, 9.17) is 9.98 Å². The van der Waals surface area contributed by atoms with Gasteiger partial charge in [-0.05, 0) is 63.1 Å². The molecule has 0 amide bonds. The highest BCUT2D eigenvalue weighted by Crippen LogP contribution is 2.21. The quantitative estimate of drug-likeness (QED) is 0.320. The Hall–Kier alpha value is -1.09. The molecular formula is C23H41IN6. The first kappa shape index (κ1) is 25.2. The van der Waals surface area contributed by atoms with E-state index < -0.39 is 0 Å². The van der Waals surface area contributed by atoms with Gasteiger partial charge in [0.25, 0.3) is 0 Å². The average molecular weight is 529 g/mol. The average Bonchev–Trinajstić information content (AvgIpc) is 2.75. The van der Waals surface area contributed by atoms with Crippen molar-refractivity contribution < 1.29 is 0 Å². The summed E-state index contributed by atoms with van der Waals surface area (Å²) in [4.78, 5) is 14.5. The summed E-state index contributed by atoms with van der Waals surface area (Å²) in [6.45, 7) is 14.1. The van der Waals surface area contributed by atoms with Gasteiger partial charge in [0.15, 0.2) is 5.96 Å². The number of nitrogens with one attached hydrogen (secondary N) is 2. The molecule has 0 radical (unpaired) electrons. The summed E-state index contributed by atoms with van der Waals surface area (Å²) in [6.07, 6.45) is 8.14. The van der Waals surface area contributed by atoms with E-state index in [1.165, 1.54) is 51.7 Å². The number of pyridine rings is 1. The molecule has 3 heterocycles. The highest BCUT2D eigenvalue weighted by atomic mass is 127. The number of anilines is 1. The van der Waals surface area contributed by atoms with Gasteiger partial charge in [0.2, 0.25) is 0 Å². The molecule has 3 rings (SSSR count). The Bertz CT molecular complexity index is 619. The molecule has 0 aromatic carbocycles. The van der Waals surface area contributed by atoms with Crippen LogP contribution in [0.1, 0.15) is 58.4 Å². The van der Waals surface area contributed by atoms with Gasteiger partial charge < -0.3 is 20.4 Å². The van der Waals surface area contributed by atoms with Crippen LogP contribution in [0.5, 0.6) is 0 Å². The van der Waals surface area contributed by atoms with Gasteiger partial charge in [-0.3, -0.25) is 0 Å². The summed E-state index contributed by atoms with van der Waals surface area (Å²) in [5, 5.41) is 7.04. The second-order valence-electron chi connectivity index (χ2n) is 8.65. The Morgan fingerprint density at radius 3 is 2.43 bits per heavy atom. The minimum Gasteiger partial charge on any atom is -0.357 e. The number of halogens is 1. The predicted octanol–water partition coefficient (Wildman–Crippen LogP) is 3.87. The van der Waals surface area contributed by atoms with Crippen LogP contribution in [0.25, 0.3) is 0 Å². The Morgan fingerprint density at radius 2 is 1.83 bits per heavy atom. The molecule has 1 aromatic rings. The van der Waals surface area contributed by atoms with Crippen molar-refractivity contribution in [1.29, 1.82) is 0 Å². The maximum absolute atomic E-state index is 4.81. The maximum atomic E-state index is 4.81. The number of likely N-dealkylation sites (tertiary alicyclic amines) is 1. The number of hydrogen-bond donors (Lipinski definition) is 2. The van der Waals surface area contributed by atoms with Crippen LogP contribution in [-0.2, 0) is 6.54 Å². The Balaban J connectivity index is 0.00000320. The van der Waals surface area contributed by atoms with Crippen molar-refractivity contribution in [3.05, 3.63) is 23.9 Å². The molecule has 0 unspecified atom stereocenters. The molecule has 7 heteroatoms. The molecule has 2 fully saturated rings. The topological polar surface area (TPSA) is 55.8 Å². The van der Waals surface area contributed by atoms with Crippen molar-refractivity contribution >= 4 is 35.8 Å². The zero-order valence-corrected chi connectivity index (χ0v) is 21.4. The Labute approximate surface area is 200 Å². The molecule has 2 N–H and O–H groups in total. The fourth-order valence-corrected chi connectivity index (χ4v) is 4.24. The highest BCUT2D eigenvalue weighted by Gasteiger charge is 2.19. The van der Waals surface area contributed by atoms with Gasteiger partial charge >= 0.3 is 0 Å². The van der Waals surface area contributed by atoms with E-state index in [2.05, 4.69) is 53.3 Å². The van der Waals surface area contributed by atoms with Gasteiger partial charge in [-0.1, -0.05) is 19.9 Å². The van der Waals surface area contributed by atoms with E-state index in [0.717, 1.165) is 42.9 Å². The van der Waals surface area contributed by atoms with Crippen molar-refractivity contribution in [2.24, 2.45) is 10.9 Å². The van der Waals surface area contributed by atoms with Crippen LogP contribution >= 0.6 is 24.0 Å². The van der Waals surface area contributed by atoms with Crippen LogP contribution in [0, 0.1) is 5.92 Å². The molecule has 1 aromatic heterocycles. The van der Waals surface area contributed by atoms with Crippen LogP contribution in [0.4, 0.5) is 5.82 Å². The highest BCUT2D eigenvalue weighted by molar-refractivity contribution is 14.0. The van der Waals surface area contributed by atoms with Gasteiger partial charge in [0.05, 0.1) is 6.54 Å². The number of rotatable bonds is 7. The van der Waals surface area contributed by atoms with Crippen LogP contribution in [0.15, 0.2) is 23.3 Å². The summed E-state index contributed by atoms with van der Waals surface area (Å²) in [5.41, 5.74) is 1.16. The summed E-state index contributed by atoms with van der Waals surface area (Å²) >= 11 is 0. The van der Waals surface area contributed by atoms with Gasteiger partial charge in [-0.15, -0.1) is 24.0 Å². The third-order valence-electron chi connectivity index (χ3n) is 6.15. The van der Waals surface area contributed by atoms with Gasteiger partial charge in [-0.2, -0.15) is 0 Å². The van der Waals surface area contributed by atoms with Crippen LogP contribution in [0.2, 0.25) is 0 Å². The van der Waals surface area contributed by atoms with Gasteiger partial charge in [0, 0.05) is 45.0 Å². The van der Waals surface area contributed by atoms with E-state index in [1.807, 2.05) is 6.20 Å². The van der Waals surface area contributed by atoms with E-state index >= 15 is 0 Å². The molecule has 170 valence electrons. The lowest BCUT2D eigenvalue weighted by molar-refractivity contribution is 0.206. The Kier molecular flexibility index (Phi) is 11.2. The molecule has 2 aliphatic rings. The summed E-state index contributed by atoms with van der Waals surface area (Å²) in [6, 6.07) is 4.85. The lowest BCUT2D eigenvalue weighted by atomic mass is 9.99. The minimum absolute atomic E-state index is 0. The molecule has 0 bridgehead atoms. The second-order valence-corrected chi connectivity index (χ2v) is 8.65. The first-order valence-electron chi connectivity index (χ1n) is 11.6. The van der Waals surface area contributed by atoms with E-state index in [0.29, 0.717) is 12.6 Å². The third kappa shape index (κ3) is 7.87. The standard InChI is InChI=1S/C23H40N6.HI/c1-4-12-28-13-10-21(11-14-28)27-23(24-5-2)26-18-20-6-7-22(25-17-20)29-15-8-19(3)9-16-29;/h6-7,17,19,21H,4-5,8-16,18H2,1-3H3,(H2,24,26,27);1H. The Morgan fingerprint density at radius 1 is 1.10 bits per heavy atom. The van der Waals surface area contributed by atoms with Crippen LogP contribution in [-0.4, -0.2) is 61.2 Å². The fourth-order valence-electron chi connectivity index (χ4n) is 4.24. The molecule has 0 atom stereocenters. The molecule has 30 heavy (non-hydrogen) atoms. The molecule has 0 saturated carbocycles. The number of piperidine rings is 2. The molecule has 2 saturated heterocycles. The van der Waals surface area contributed by atoms with E-state index in [-0.39, 0.29) is 24.0 Å². The lowest BCUT2D eigenvalue weighted by Crippen LogP contribution is -2.48. The largest absolute Gasteiger partial charge is 0.357 e. The molecule has 6 nitrogen and oxygen atoms in total. The van der Waals surface area contributed by atoms with Gasteiger partial charge in [0.1, 0.15) is 5.82 Å². The summed E-state index contributed by atoms with van der Waals surface area (Å²) in [7, 11) is 0. The zero-order chi connectivity index (χ0) is 20.5.